The molecule has 6 heteroatoms. The molecule has 5 nitrogen and oxygen atoms in total. The number of aromatic nitrogens is 1. The zero-order valence-electron chi connectivity index (χ0n) is 11.3. The Labute approximate surface area is 121 Å². The van der Waals surface area contributed by atoms with Crippen LogP contribution in [0.2, 0.25) is 0 Å². The van der Waals surface area contributed by atoms with Gasteiger partial charge < -0.3 is 15.2 Å². The second-order valence-electron chi connectivity index (χ2n) is 5.10. The first-order valence-corrected chi connectivity index (χ1v) is 6.84. The Morgan fingerprint density at radius 3 is 2.74 bits per heavy atom. The average molecular weight is 331 g/mol. The van der Waals surface area contributed by atoms with Gasteiger partial charge in [0.2, 0.25) is 0 Å². The van der Waals surface area contributed by atoms with Crippen LogP contribution >= 0.6 is 15.9 Å². The zero-order chi connectivity index (χ0) is 14.5. The van der Waals surface area contributed by atoms with E-state index in [-0.39, 0.29) is 12.6 Å². The van der Waals surface area contributed by atoms with Crippen molar-refractivity contribution in [3.05, 3.63) is 28.5 Å². The number of pyridine rings is 1. The maximum atomic E-state index is 11.7. The van der Waals surface area contributed by atoms with Crippen molar-refractivity contribution in [2.75, 3.05) is 6.61 Å². The lowest BCUT2D eigenvalue weighted by Gasteiger charge is -2.23. The summed E-state index contributed by atoms with van der Waals surface area (Å²) in [5.74, 6) is 0. The van der Waals surface area contributed by atoms with E-state index in [0.717, 1.165) is 0 Å². The zero-order valence-corrected chi connectivity index (χ0v) is 12.9. The van der Waals surface area contributed by atoms with Gasteiger partial charge in [0.05, 0.1) is 11.7 Å². The number of alkyl carbamates (subject to hydrolysis) is 1. The molecule has 0 aromatic carbocycles. The summed E-state index contributed by atoms with van der Waals surface area (Å²) >= 11 is 3.28. The Balaban J connectivity index is 2.76. The number of aliphatic hydroxyl groups excluding tert-OH is 1. The lowest BCUT2D eigenvalue weighted by atomic mass is 10.1. The van der Waals surface area contributed by atoms with Gasteiger partial charge in [0.15, 0.2) is 0 Å². The van der Waals surface area contributed by atoms with Crippen LogP contribution in [0.4, 0.5) is 4.79 Å². The smallest absolute Gasteiger partial charge is 0.408 e. The third-order valence-electron chi connectivity index (χ3n) is 2.20. The summed E-state index contributed by atoms with van der Waals surface area (Å²) in [4.78, 5) is 16.0. The third kappa shape index (κ3) is 6.02. The Bertz CT molecular complexity index is 432. The predicted molar refractivity (Wildman–Crippen MR) is 75.8 cm³/mol. The van der Waals surface area contributed by atoms with Gasteiger partial charge in [-0.1, -0.05) is 6.07 Å². The van der Waals surface area contributed by atoms with Crippen molar-refractivity contribution in [2.45, 2.75) is 38.8 Å². The van der Waals surface area contributed by atoms with Crippen LogP contribution in [0.25, 0.3) is 0 Å². The van der Waals surface area contributed by atoms with E-state index in [9.17, 15) is 4.79 Å². The lowest BCUT2D eigenvalue weighted by Crippen LogP contribution is -2.35. The van der Waals surface area contributed by atoms with Crippen molar-refractivity contribution in [3.8, 4) is 0 Å². The summed E-state index contributed by atoms with van der Waals surface area (Å²) in [7, 11) is 0. The summed E-state index contributed by atoms with van der Waals surface area (Å²) < 4.78 is 5.87. The Morgan fingerprint density at radius 2 is 2.21 bits per heavy atom. The number of ether oxygens (including phenoxy) is 1. The number of carbonyl (C=O) groups excluding carboxylic acids is 1. The van der Waals surface area contributed by atoms with Crippen LogP contribution < -0.4 is 5.32 Å². The van der Waals surface area contributed by atoms with E-state index < -0.39 is 11.7 Å². The molecule has 1 rings (SSSR count). The molecular formula is C13H19BrN2O3. The number of rotatable bonds is 4. The number of hydrogen-bond acceptors (Lipinski definition) is 4. The fraction of sp³-hybridized carbons (Fsp3) is 0.538. The molecule has 19 heavy (non-hydrogen) atoms. The molecule has 0 spiro atoms. The Hall–Kier alpha value is -1.14. The summed E-state index contributed by atoms with van der Waals surface area (Å²) in [5, 5.41) is 11.8. The number of carbonyl (C=O) groups is 1. The van der Waals surface area contributed by atoms with Crippen LogP contribution in [0, 0.1) is 0 Å². The fourth-order valence-electron chi connectivity index (χ4n) is 1.49. The van der Waals surface area contributed by atoms with E-state index in [1.165, 1.54) is 0 Å². The molecule has 0 bridgehead atoms. The Kier molecular flexibility index (Phi) is 5.75. The topological polar surface area (TPSA) is 71.5 Å². The van der Waals surface area contributed by atoms with Gasteiger partial charge in [0.25, 0.3) is 0 Å². The fourth-order valence-corrected chi connectivity index (χ4v) is 1.85. The largest absolute Gasteiger partial charge is 0.444 e. The van der Waals surface area contributed by atoms with Gasteiger partial charge in [-0.25, -0.2) is 9.78 Å². The highest BCUT2D eigenvalue weighted by Crippen LogP contribution is 2.18. The molecule has 0 aliphatic carbocycles. The molecule has 1 heterocycles. The highest BCUT2D eigenvalue weighted by atomic mass is 79.9. The van der Waals surface area contributed by atoms with Crippen LogP contribution in [-0.4, -0.2) is 28.4 Å². The number of amides is 1. The second kappa shape index (κ2) is 6.86. The standard InChI is InChI=1S/C13H19BrN2O3/c1-13(2,3)19-12(18)16-10(7-8-17)9-5-4-6-11(14)15-9/h4-6,10,17H,7-8H2,1-3H3,(H,16,18). The number of halogens is 1. The molecular weight excluding hydrogens is 312 g/mol. The normalized spacial score (nSPS) is 12.9. The van der Waals surface area contributed by atoms with Crippen LogP contribution in [-0.2, 0) is 4.74 Å². The molecule has 106 valence electrons. The quantitative estimate of drug-likeness (QED) is 0.832. The van der Waals surface area contributed by atoms with E-state index in [2.05, 4.69) is 26.2 Å². The summed E-state index contributed by atoms with van der Waals surface area (Å²) in [5.41, 5.74) is 0.118. The van der Waals surface area contributed by atoms with Crippen molar-refractivity contribution in [2.24, 2.45) is 0 Å². The molecule has 2 N–H and O–H groups in total. The van der Waals surface area contributed by atoms with Gasteiger partial charge in [-0.2, -0.15) is 0 Å². The van der Waals surface area contributed by atoms with E-state index >= 15 is 0 Å². The van der Waals surface area contributed by atoms with Gasteiger partial charge >= 0.3 is 6.09 Å². The van der Waals surface area contributed by atoms with Crippen molar-refractivity contribution in [3.63, 3.8) is 0 Å². The first kappa shape index (κ1) is 15.9. The molecule has 0 aliphatic heterocycles. The Morgan fingerprint density at radius 1 is 1.53 bits per heavy atom. The van der Waals surface area contributed by atoms with Crippen molar-refractivity contribution >= 4 is 22.0 Å². The second-order valence-corrected chi connectivity index (χ2v) is 5.91. The van der Waals surface area contributed by atoms with Crippen LogP contribution in [0.15, 0.2) is 22.8 Å². The maximum absolute atomic E-state index is 11.7. The van der Waals surface area contributed by atoms with Crippen LogP contribution in [0.1, 0.15) is 38.9 Å². The first-order chi connectivity index (χ1) is 8.81. The van der Waals surface area contributed by atoms with Gasteiger partial charge in [0, 0.05) is 6.61 Å². The lowest BCUT2D eigenvalue weighted by molar-refractivity contribution is 0.0495. The van der Waals surface area contributed by atoms with Crippen LogP contribution in [0.5, 0.6) is 0 Å². The van der Waals surface area contributed by atoms with Crippen molar-refractivity contribution < 1.29 is 14.6 Å². The van der Waals surface area contributed by atoms with Crippen LogP contribution in [0.3, 0.4) is 0 Å². The summed E-state index contributed by atoms with van der Waals surface area (Å²) in [6.07, 6.45) is -0.143. The van der Waals surface area contributed by atoms with Crippen molar-refractivity contribution in [1.29, 1.82) is 0 Å². The average Bonchev–Trinajstić information content (AvgIpc) is 2.26. The molecule has 1 aromatic rings. The SMILES string of the molecule is CC(C)(C)OC(=O)NC(CCO)c1cccc(Br)n1. The molecule has 0 aliphatic rings. The number of aliphatic hydroxyl groups is 1. The van der Waals surface area contributed by atoms with E-state index in [4.69, 9.17) is 9.84 Å². The summed E-state index contributed by atoms with van der Waals surface area (Å²) in [6, 6.07) is 5.04. The van der Waals surface area contributed by atoms with E-state index in [0.29, 0.717) is 16.7 Å². The molecule has 1 unspecified atom stereocenters. The maximum Gasteiger partial charge on any atom is 0.408 e. The van der Waals surface area contributed by atoms with E-state index in [1.54, 1.807) is 32.9 Å². The molecule has 1 atom stereocenters. The molecule has 0 radical (unpaired) electrons. The summed E-state index contributed by atoms with van der Waals surface area (Å²) in [6.45, 7) is 5.34. The minimum absolute atomic E-state index is 0.0470. The van der Waals surface area contributed by atoms with Gasteiger partial charge in [0.1, 0.15) is 10.2 Å². The minimum Gasteiger partial charge on any atom is -0.444 e. The molecule has 1 aromatic heterocycles. The molecule has 0 saturated heterocycles. The number of nitrogens with zero attached hydrogens (tertiary/aromatic N) is 1. The first-order valence-electron chi connectivity index (χ1n) is 6.04. The van der Waals surface area contributed by atoms with Gasteiger partial charge in [-0.15, -0.1) is 0 Å². The van der Waals surface area contributed by atoms with Gasteiger partial charge in [-0.3, -0.25) is 0 Å². The number of nitrogens with one attached hydrogen (secondary N) is 1. The monoisotopic (exact) mass is 330 g/mol. The van der Waals surface area contributed by atoms with Crippen molar-refractivity contribution in [1.82, 2.24) is 10.3 Å². The molecule has 0 saturated carbocycles. The van der Waals surface area contributed by atoms with E-state index in [1.807, 2.05) is 6.07 Å². The number of hydrogen-bond donors (Lipinski definition) is 2. The minimum atomic E-state index is -0.557. The predicted octanol–water partition coefficient (Wildman–Crippen LogP) is 2.79. The molecule has 1 amide bonds. The highest BCUT2D eigenvalue weighted by Gasteiger charge is 2.21. The molecule has 0 fully saturated rings. The van der Waals surface area contributed by atoms with Gasteiger partial charge in [-0.05, 0) is 55.3 Å². The highest BCUT2D eigenvalue weighted by molar-refractivity contribution is 9.10. The third-order valence-corrected chi connectivity index (χ3v) is 2.64.